The summed E-state index contributed by atoms with van der Waals surface area (Å²) < 4.78 is 15.1. The summed E-state index contributed by atoms with van der Waals surface area (Å²) in [5.41, 5.74) is 2.98. The van der Waals surface area contributed by atoms with Crippen LogP contribution >= 0.6 is 0 Å². The van der Waals surface area contributed by atoms with E-state index in [0.717, 1.165) is 5.56 Å². The number of piperazine rings is 1. The quantitative estimate of drug-likeness (QED) is 0.208. The molecular weight excluding hydrogens is 493 g/mol. The van der Waals surface area contributed by atoms with Crippen molar-refractivity contribution in [2.75, 3.05) is 60.9 Å². The van der Waals surface area contributed by atoms with Crippen molar-refractivity contribution in [3.8, 4) is 0 Å². The number of oxime groups is 1. The molecule has 0 radical (unpaired) electrons. The molecule has 4 rings (SSSR count). The Kier molecular flexibility index (Phi) is 8.26. The van der Waals surface area contributed by atoms with Gasteiger partial charge in [0.15, 0.2) is 5.78 Å². The molecule has 1 unspecified atom stereocenters. The van der Waals surface area contributed by atoms with Gasteiger partial charge >= 0.3 is 5.97 Å². The standard InChI is InChI=1S/C27H32FN5O5/c1-3-32-16-21(27(36)37)26(35)20-14-22(28)24(15-23(20)32)33-12-10-31(11-13-33)9-8-25(34)29-19-6-4-18(5-7-19)17(2)30-38/h4-7,14-15,21,38H,3,8-13,16H2,1-2H3,(H,29,34)(H,36,37)/b30-17-. The van der Waals surface area contributed by atoms with Crippen LogP contribution in [0.15, 0.2) is 41.6 Å². The number of carbonyl (C=O) groups excluding carboxylic acids is 2. The first kappa shape index (κ1) is 27.1. The molecule has 2 aromatic rings. The van der Waals surface area contributed by atoms with Gasteiger partial charge in [0.1, 0.15) is 11.7 Å². The van der Waals surface area contributed by atoms with Crippen molar-refractivity contribution in [3.63, 3.8) is 0 Å². The van der Waals surface area contributed by atoms with Crippen LogP contribution in [0.5, 0.6) is 0 Å². The number of anilines is 3. The van der Waals surface area contributed by atoms with E-state index >= 15 is 4.39 Å². The molecule has 1 saturated heterocycles. The number of nitrogens with zero attached hydrogens (tertiary/aromatic N) is 4. The van der Waals surface area contributed by atoms with Crippen LogP contribution in [0.25, 0.3) is 0 Å². The van der Waals surface area contributed by atoms with E-state index < -0.39 is 23.5 Å². The Balaban J connectivity index is 1.33. The summed E-state index contributed by atoms with van der Waals surface area (Å²) >= 11 is 0. The summed E-state index contributed by atoms with van der Waals surface area (Å²) in [6, 6.07) is 9.87. The van der Waals surface area contributed by atoms with Gasteiger partial charge in [0.25, 0.3) is 0 Å². The predicted molar refractivity (Wildman–Crippen MR) is 142 cm³/mol. The minimum absolute atomic E-state index is 0.0687. The number of nitrogens with one attached hydrogen (secondary N) is 1. The number of Topliss-reactive ketones (excluding diaryl/α,β-unsaturated/α-hetero) is 1. The van der Waals surface area contributed by atoms with Gasteiger partial charge < -0.3 is 25.4 Å². The van der Waals surface area contributed by atoms with Crippen LogP contribution in [-0.2, 0) is 9.59 Å². The van der Waals surface area contributed by atoms with E-state index in [9.17, 15) is 19.5 Å². The van der Waals surface area contributed by atoms with Crippen molar-refractivity contribution in [2.24, 2.45) is 11.1 Å². The second-order valence-electron chi connectivity index (χ2n) is 9.50. The first-order valence-electron chi connectivity index (χ1n) is 12.6. The maximum Gasteiger partial charge on any atom is 0.316 e. The number of amides is 1. The van der Waals surface area contributed by atoms with Gasteiger partial charge in [-0.2, -0.15) is 0 Å². The number of carbonyl (C=O) groups is 3. The molecular formula is C27H32FN5O5. The first-order valence-corrected chi connectivity index (χ1v) is 12.6. The predicted octanol–water partition coefficient (Wildman–Crippen LogP) is 2.90. The van der Waals surface area contributed by atoms with E-state index in [2.05, 4.69) is 15.4 Å². The van der Waals surface area contributed by atoms with Gasteiger partial charge in [0, 0.05) is 69.2 Å². The van der Waals surface area contributed by atoms with Gasteiger partial charge in [-0.05, 0) is 43.7 Å². The summed E-state index contributed by atoms with van der Waals surface area (Å²) in [5.74, 6) is -3.61. The molecule has 2 aliphatic rings. The van der Waals surface area contributed by atoms with Gasteiger partial charge in [-0.3, -0.25) is 19.3 Å². The number of hydrogen-bond acceptors (Lipinski definition) is 8. The summed E-state index contributed by atoms with van der Waals surface area (Å²) in [5, 5.41) is 24.3. The number of hydrogen-bond donors (Lipinski definition) is 3. The third kappa shape index (κ3) is 5.77. The SMILES string of the molecule is CCN1CC(C(=O)O)C(=O)c2cc(F)c(N3CCN(CCC(=O)Nc4ccc(/C(C)=N\O)cc4)CC3)cc21. The highest BCUT2D eigenvalue weighted by Gasteiger charge is 2.37. The van der Waals surface area contributed by atoms with E-state index in [4.69, 9.17) is 5.21 Å². The van der Waals surface area contributed by atoms with Crippen molar-refractivity contribution in [1.82, 2.24) is 4.90 Å². The van der Waals surface area contributed by atoms with E-state index in [-0.39, 0.29) is 18.0 Å². The average Bonchev–Trinajstić information content (AvgIpc) is 2.92. The van der Waals surface area contributed by atoms with Crippen LogP contribution in [0.3, 0.4) is 0 Å². The number of aliphatic carboxylic acids is 1. The second-order valence-corrected chi connectivity index (χ2v) is 9.50. The number of benzene rings is 2. The number of halogens is 1. The average molecular weight is 526 g/mol. The maximum absolute atomic E-state index is 15.1. The molecule has 0 aromatic heterocycles. The zero-order valence-electron chi connectivity index (χ0n) is 21.5. The maximum atomic E-state index is 15.1. The fourth-order valence-corrected chi connectivity index (χ4v) is 4.88. The lowest BCUT2D eigenvalue weighted by Gasteiger charge is -2.38. The summed E-state index contributed by atoms with van der Waals surface area (Å²) in [6.07, 6.45) is 0.310. The molecule has 11 heteroatoms. The Hall–Kier alpha value is -3.99. The van der Waals surface area contributed by atoms with Gasteiger partial charge in [0.2, 0.25) is 5.91 Å². The van der Waals surface area contributed by atoms with E-state index in [1.165, 1.54) is 6.07 Å². The molecule has 1 fully saturated rings. The highest BCUT2D eigenvalue weighted by atomic mass is 19.1. The molecule has 10 nitrogen and oxygen atoms in total. The van der Waals surface area contributed by atoms with Gasteiger partial charge in [-0.15, -0.1) is 0 Å². The topological polar surface area (TPSA) is 126 Å². The molecule has 0 aliphatic carbocycles. The van der Waals surface area contributed by atoms with Crippen molar-refractivity contribution >= 4 is 40.4 Å². The Bertz CT molecular complexity index is 1240. The smallest absolute Gasteiger partial charge is 0.316 e. The molecule has 1 amide bonds. The van der Waals surface area contributed by atoms with E-state index in [1.807, 2.05) is 16.7 Å². The number of ketones is 1. The Morgan fingerprint density at radius 3 is 2.39 bits per heavy atom. The fourth-order valence-electron chi connectivity index (χ4n) is 4.88. The monoisotopic (exact) mass is 525 g/mol. The Morgan fingerprint density at radius 2 is 1.79 bits per heavy atom. The number of carboxylic acid groups (broad SMARTS) is 1. The van der Waals surface area contributed by atoms with Crippen molar-refractivity contribution in [3.05, 3.63) is 53.3 Å². The molecule has 0 spiro atoms. The molecule has 2 aromatic carbocycles. The van der Waals surface area contributed by atoms with Gasteiger partial charge in [0.05, 0.1) is 11.4 Å². The zero-order valence-corrected chi connectivity index (χ0v) is 21.5. The van der Waals surface area contributed by atoms with Crippen LogP contribution in [0, 0.1) is 11.7 Å². The molecule has 2 heterocycles. The third-order valence-corrected chi connectivity index (χ3v) is 7.18. The fraction of sp³-hybridized carbons (Fsp3) is 0.407. The third-order valence-electron chi connectivity index (χ3n) is 7.18. The highest BCUT2D eigenvalue weighted by Crippen LogP contribution is 2.35. The molecule has 38 heavy (non-hydrogen) atoms. The van der Waals surface area contributed by atoms with Crippen LogP contribution in [-0.4, -0.2) is 84.4 Å². The van der Waals surface area contributed by atoms with Crippen LogP contribution in [0.1, 0.15) is 36.2 Å². The van der Waals surface area contributed by atoms with Crippen molar-refractivity contribution < 1.29 is 29.1 Å². The lowest BCUT2D eigenvalue weighted by atomic mass is 9.90. The molecule has 1 atom stereocenters. The highest BCUT2D eigenvalue weighted by molar-refractivity contribution is 6.13. The normalized spacial score (nSPS) is 18.3. The molecule has 202 valence electrons. The molecule has 0 saturated carbocycles. The molecule has 3 N–H and O–H groups in total. The number of fused-ring (bicyclic) bond motifs is 1. The lowest BCUT2D eigenvalue weighted by molar-refractivity contribution is -0.139. The minimum Gasteiger partial charge on any atom is -0.481 e. The summed E-state index contributed by atoms with van der Waals surface area (Å²) in [4.78, 5) is 42.5. The summed E-state index contributed by atoms with van der Waals surface area (Å²) in [6.45, 7) is 7.11. The number of carboxylic acids is 1. The largest absolute Gasteiger partial charge is 0.481 e. The Morgan fingerprint density at radius 1 is 1.11 bits per heavy atom. The van der Waals surface area contributed by atoms with Crippen molar-refractivity contribution in [2.45, 2.75) is 20.3 Å². The van der Waals surface area contributed by atoms with Crippen molar-refractivity contribution in [1.29, 1.82) is 0 Å². The van der Waals surface area contributed by atoms with Gasteiger partial charge in [-0.1, -0.05) is 17.3 Å². The first-order chi connectivity index (χ1) is 18.2. The number of rotatable bonds is 8. The van der Waals surface area contributed by atoms with Crippen LogP contribution in [0.2, 0.25) is 0 Å². The van der Waals surface area contributed by atoms with E-state index in [1.54, 1.807) is 37.3 Å². The van der Waals surface area contributed by atoms with E-state index in [0.29, 0.717) is 68.5 Å². The summed E-state index contributed by atoms with van der Waals surface area (Å²) in [7, 11) is 0. The van der Waals surface area contributed by atoms with Crippen LogP contribution < -0.4 is 15.1 Å². The second kappa shape index (κ2) is 11.6. The Labute approximate surface area is 220 Å². The zero-order chi connectivity index (χ0) is 27.4. The van der Waals surface area contributed by atoms with Crippen LogP contribution in [0.4, 0.5) is 21.5 Å². The molecule has 2 aliphatic heterocycles. The minimum atomic E-state index is -1.20. The van der Waals surface area contributed by atoms with Gasteiger partial charge in [-0.25, -0.2) is 4.39 Å². The molecule has 0 bridgehead atoms. The lowest BCUT2D eigenvalue weighted by Crippen LogP contribution is -2.47.